The molecule has 0 aromatic carbocycles. The number of hydrogen-bond acceptors (Lipinski definition) is 5. The SMILES string of the molecule is Cn1nccc1C1=CCN(c2ccc(C(=O)NC3CCCC3)nn2)CC1. The van der Waals surface area contributed by atoms with E-state index in [9.17, 15) is 4.79 Å². The Balaban J connectivity index is 1.39. The minimum Gasteiger partial charge on any atom is -0.351 e. The van der Waals surface area contributed by atoms with E-state index in [1.54, 1.807) is 6.07 Å². The van der Waals surface area contributed by atoms with Gasteiger partial charge in [0.1, 0.15) is 0 Å². The van der Waals surface area contributed by atoms with Crippen LogP contribution in [-0.4, -0.2) is 45.0 Å². The zero-order chi connectivity index (χ0) is 17.9. The van der Waals surface area contributed by atoms with Crippen molar-refractivity contribution in [3.05, 3.63) is 41.9 Å². The predicted molar refractivity (Wildman–Crippen MR) is 99.8 cm³/mol. The first-order valence-corrected chi connectivity index (χ1v) is 9.27. The first kappa shape index (κ1) is 16.8. The van der Waals surface area contributed by atoms with E-state index >= 15 is 0 Å². The number of aryl methyl sites for hydroxylation is 1. The molecule has 2 aromatic heterocycles. The van der Waals surface area contributed by atoms with E-state index in [0.29, 0.717) is 11.7 Å². The zero-order valence-corrected chi connectivity index (χ0v) is 15.1. The van der Waals surface area contributed by atoms with Crippen LogP contribution in [-0.2, 0) is 7.05 Å². The van der Waals surface area contributed by atoms with Gasteiger partial charge in [-0.05, 0) is 43.0 Å². The van der Waals surface area contributed by atoms with Crippen LogP contribution in [0.1, 0.15) is 48.3 Å². The van der Waals surface area contributed by atoms with Crippen molar-refractivity contribution in [1.29, 1.82) is 0 Å². The molecule has 7 heteroatoms. The molecule has 0 bridgehead atoms. The lowest BCUT2D eigenvalue weighted by atomic mass is 10.0. The Hall–Kier alpha value is -2.70. The molecule has 0 radical (unpaired) electrons. The van der Waals surface area contributed by atoms with E-state index < -0.39 is 0 Å². The molecule has 2 aliphatic rings. The Morgan fingerprint density at radius 3 is 2.65 bits per heavy atom. The zero-order valence-electron chi connectivity index (χ0n) is 15.1. The highest BCUT2D eigenvalue weighted by Crippen LogP contribution is 2.24. The maximum Gasteiger partial charge on any atom is 0.272 e. The van der Waals surface area contributed by atoms with Gasteiger partial charge in [-0.25, -0.2) is 0 Å². The number of hydrogen-bond donors (Lipinski definition) is 1. The molecule has 0 unspecified atom stereocenters. The second-order valence-electron chi connectivity index (χ2n) is 7.00. The third-order valence-electron chi connectivity index (χ3n) is 5.26. The minimum absolute atomic E-state index is 0.118. The molecule has 1 fully saturated rings. The smallest absolute Gasteiger partial charge is 0.272 e. The topological polar surface area (TPSA) is 75.9 Å². The molecule has 0 atom stereocenters. The number of carbonyl (C=O) groups is 1. The number of nitrogens with one attached hydrogen (secondary N) is 1. The van der Waals surface area contributed by atoms with Crippen molar-refractivity contribution >= 4 is 17.3 Å². The van der Waals surface area contributed by atoms with Crippen molar-refractivity contribution in [3.63, 3.8) is 0 Å². The normalized spacial score (nSPS) is 18.0. The molecule has 1 saturated carbocycles. The van der Waals surface area contributed by atoms with Crippen molar-refractivity contribution in [2.24, 2.45) is 7.05 Å². The third-order valence-corrected chi connectivity index (χ3v) is 5.26. The van der Waals surface area contributed by atoms with Crippen LogP contribution in [0.5, 0.6) is 0 Å². The highest BCUT2D eigenvalue weighted by Gasteiger charge is 2.20. The Bertz CT molecular complexity index is 804. The van der Waals surface area contributed by atoms with Gasteiger partial charge in [0.2, 0.25) is 0 Å². The van der Waals surface area contributed by atoms with Crippen LogP contribution in [0, 0.1) is 0 Å². The van der Waals surface area contributed by atoms with Crippen LogP contribution < -0.4 is 10.2 Å². The van der Waals surface area contributed by atoms with Gasteiger partial charge in [0.05, 0.1) is 5.69 Å². The molecule has 136 valence electrons. The van der Waals surface area contributed by atoms with Crippen LogP contribution in [0.15, 0.2) is 30.5 Å². The van der Waals surface area contributed by atoms with Crippen molar-refractivity contribution in [2.75, 3.05) is 18.0 Å². The summed E-state index contributed by atoms with van der Waals surface area (Å²) in [5.41, 5.74) is 2.86. The van der Waals surface area contributed by atoms with E-state index in [1.807, 2.05) is 30.1 Å². The quantitative estimate of drug-likeness (QED) is 0.913. The number of anilines is 1. The van der Waals surface area contributed by atoms with E-state index in [2.05, 4.69) is 31.6 Å². The van der Waals surface area contributed by atoms with E-state index in [1.165, 1.54) is 18.4 Å². The average molecular weight is 352 g/mol. The second kappa shape index (κ2) is 7.27. The maximum atomic E-state index is 12.2. The monoisotopic (exact) mass is 352 g/mol. The third kappa shape index (κ3) is 3.47. The molecule has 1 aliphatic carbocycles. The Morgan fingerprint density at radius 2 is 2.04 bits per heavy atom. The van der Waals surface area contributed by atoms with Gasteiger partial charge in [-0.3, -0.25) is 9.48 Å². The molecule has 1 amide bonds. The molecule has 7 nitrogen and oxygen atoms in total. The van der Waals surface area contributed by atoms with Crippen LogP contribution >= 0.6 is 0 Å². The Labute approximate surface area is 153 Å². The number of aromatic nitrogens is 4. The van der Waals surface area contributed by atoms with Crippen molar-refractivity contribution in [3.8, 4) is 0 Å². The summed E-state index contributed by atoms with van der Waals surface area (Å²) >= 11 is 0. The van der Waals surface area contributed by atoms with E-state index in [-0.39, 0.29) is 5.91 Å². The standard InChI is InChI=1S/C19H24N6O/c1-24-17(8-11-20-24)14-9-12-25(13-10-14)18-7-6-16(22-23-18)19(26)21-15-4-2-3-5-15/h6-9,11,15H,2-5,10,12-13H2,1H3,(H,21,26). The summed E-state index contributed by atoms with van der Waals surface area (Å²) < 4.78 is 1.90. The van der Waals surface area contributed by atoms with Crippen molar-refractivity contribution < 1.29 is 4.79 Å². The molecular weight excluding hydrogens is 328 g/mol. The summed E-state index contributed by atoms with van der Waals surface area (Å²) in [5, 5.41) is 15.7. The minimum atomic E-state index is -0.118. The van der Waals surface area contributed by atoms with Crippen LogP contribution in [0.3, 0.4) is 0 Å². The first-order chi connectivity index (χ1) is 12.7. The lowest BCUT2D eigenvalue weighted by molar-refractivity contribution is 0.0932. The van der Waals surface area contributed by atoms with Crippen LogP contribution in [0.2, 0.25) is 0 Å². The lowest BCUT2D eigenvalue weighted by Gasteiger charge is -2.27. The van der Waals surface area contributed by atoms with E-state index in [4.69, 9.17) is 0 Å². The van der Waals surface area contributed by atoms with Gasteiger partial charge in [0.15, 0.2) is 11.5 Å². The fourth-order valence-corrected chi connectivity index (χ4v) is 3.74. The molecular formula is C19H24N6O. The van der Waals surface area contributed by atoms with Gasteiger partial charge < -0.3 is 10.2 Å². The van der Waals surface area contributed by atoms with Crippen LogP contribution in [0.25, 0.3) is 5.57 Å². The van der Waals surface area contributed by atoms with E-state index in [0.717, 1.165) is 43.9 Å². The van der Waals surface area contributed by atoms with Crippen molar-refractivity contribution in [1.82, 2.24) is 25.3 Å². The second-order valence-corrected chi connectivity index (χ2v) is 7.00. The molecule has 2 aromatic rings. The fraction of sp³-hybridized carbons (Fsp3) is 0.474. The summed E-state index contributed by atoms with van der Waals surface area (Å²) in [6.07, 6.45) is 9.49. The maximum absolute atomic E-state index is 12.2. The first-order valence-electron chi connectivity index (χ1n) is 9.27. The summed E-state index contributed by atoms with van der Waals surface area (Å²) in [6.45, 7) is 1.65. The number of carbonyl (C=O) groups excluding carboxylic acids is 1. The Kier molecular flexibility index (Phi) is 4.69. The molecule has 1 aliphatic heterocycles. The fourth-order valence-electron chi connectivity index (χ4n) is 3.74. The van der Waals surface area contributed by atoms with Gasteiger partial charge in [0, 0.05) is 32.4 Å². The summed E-state index contributed by atoms with van der Waals surface area (Å²) in [4.78, 5) is 14.4. The highest BCUT2D eigenvalue weighted by molar-refractivity contribution is 5.92. The molecule has 4 rings (SSSR count). The van der Waals surface area contributed by atoms with Gasteiger partial charge in [0.25, 0.3) is 5.91 Å². The molecule has 0 saturated heterocycles. The highest BCUT2D eigenvalue weighted by atomic mass is 16.2. The average Bonchev–Trinajstić information content (AvgIpc) is 3.34. The molecule has 1 N–H and O–H groups in total. The van der Waals surface area contributed by atoms with Gasteiger partial charge in [-0.2, -0.15) is 5.10 Å². The van der Waals surface area contributed by atoms with Crippen LogP contribution in [0.4, 0.5) is 5.82 Å². The van der Waals surface area contributed by atoms with Gasteiger partial charge in [-0.15, -0.1) is 10.2 Å². The Morgan fingerprint density at radius 1 is 1.19 bits per heavy atom. The summed E-state index contributed by atoms with van der Waals surface area (Å²) in [6, 6.07) is 5.99. The summed E-state index contributed by atoms with van der Waals surface area (Å²) in [5.74, 6) is 0.690. The summed E-state index contributed by atoms with van der Waals surface area (Å²) in [7, 11) is 1.96. The molecule has 26 heavy (non-hydrogen) atoms. The van der Waals surface area contributed by atoms with Crippen molar-refractivity contribution in [2.45, 2.75) is 38.1 Å². The lowest BCUT2D eigenvalue weighted by Crippen LogP contribution is -2.34. The van der Waals surface area contributed by atoms with Gasteiger partial charge in [-0.1, -0.05) is 18.9 Å². The molecule has 0 spiro atoms. The van der Waals surface area contributed by atoms with Gasteiger partial charge >= 0.3 is 0 Å². The predicted octanol–water partition coefficient (Wildman–Crippen LogP) is 2.18. The number of nitrogens with zero attached hydrogens (tertiary/aromatic N) is 5. The molecule has 3 heterocycles. The number of rotatable bonds is 4. The largest absolute Gasteiger partial charge is 0.351 e. The number of amides is 1.